The van der Waals surface area contributed by atoms with Crippen molar-refractivity contribution in [2.75, 3.05) is 0 Å². The molecule has 6 rings (SSSR count). The number of rotatable bonds is 1. The highest BCUT2D eigenvalue weighted by atomic mass is 79.9. The molecular formula is C32H29Br. The number of aryl methyl sites for hydroxylation is 2. The Hall–Kier alpha value is -2.64. The van der Waals surface area contributed by atoms with Gasteiger partial charge in [0.25, 0.3) is 0 Å². The first-order valence-corrected chi connectivity index (χ1v) is 12.6. The molecule has 0 aromatic heterocycles. The van der Waals surface area contributed by atoms with Gasteiger partial charge in [0.05, 0.1) is 0 Å². The molecule has 0 spiro atoms. The number of hydrogen-bond acceptors (Lipinski definition) is 0. The van der Waals surface area contributed by atoms with Crippen LogP contribution in [-0.2, 0) is 10.8 Å². The molecule has 0 unspecified atom stereocenters. The summed E-state index contributed by atoms with van der Waals surface area (Å²) in [6.45, 7) is 13.9. The Balaban J connectivity index is 1.55. The van der Waals surface area contributed by atoms with E-state index in [0.29, 0.717) is 0 Å². The second-order valence-corrected chi connectivity index (χ2v) is 11.8. The van der Waals surface area contributed by atoms with Crippen LogP contribution in [0.2, 0.25) is 0 Å². The zero-order chi connectivity index (χ0) is 23.3. The average molecular weight is 493 g/mol. The second-order valence-electron chi connectivity index (χ2n) is 10.9. The van der Waals surface area contributed by atoms with E-state index in [1.807, 2.05) is 0 Å². The minimum Gasteiger partial charge on any atom is -0.0619 e. The number of fused-ring (bicyclic) bond motifs is 6. The maximum Gasteiger partial charge on any atom is 0.0225 e. The molecule has 0 bridgehead atoms. The van der Waals surface area contributed by atoms with Crippen molar-refractivity contribution in [1.82, 2.24) is 0 Å². The van der Waals surface area contributed by atoms with Crippen LogP contribution in [0, 0.1) is 13.8 Å². The van der Waals surface area contributed by atoms with E-state index in [2.05, 4.69) is 124 Å². The van der Waals surface area contributed by atoms with E-state index in [1.165, 1.54) is 71.2 Å². The van der Waals surface area contributed by atoms with Crippen molar-refractivity contribution in [2.24, 2.45) is 0 Å². The molecule has 33 heavy (non-hydrogen) atoms. The first kappa shape index (κ1) is 20.9. The summed E-state index contributed by atoms with van der Waals surface area (Å²) in [6.07, 6.45) is 0. The normalized spacial score (nSPS) is 16.2. The van der Waals surface area contributed by atoms with Crippen LogP contribution in [-0.4, -0.2) is 0 Å². The van der Waals surface area contributed by atoms with Crippen molar-refractivity contribution in [1.29, 1.82) is 0 Å². The molecule has 0 saturated carbocycles. The third-order valence-electron chi connectivity index (χ3n) is 8.08. The zero-order valence-electron chi connectivity index (χ0n) is 20.2. The van der Waals surface area contributed by atoms with Gasteiger partial charge in [0.2, 0.25) is 0 Å². The summed E-state index contributed by atoms with van der Waals surface area (Å²) in [5, 5.41) is 0. The van der Waals surface area contributed by atoms with Crippen LogP contribution in [0.5, 0.6) is 0 Å². The van der Waals surface area contributed by atoms with Crippen molar-refractivity contribution in [3.8, 4) is 33.4 Å². The average Bonchev–Trinajstić information content (AvgIpc) is 3.12. The smallest absolute Gasteiger partial charge is 0.0225 e. The molecule has 0 aliphatic heterocycles. The van der Waals surface area contributed by atoms with Crippen LogP contribution in [0.4, 0.5) is 0 Å². The topological polar surface area (TPSA) is 0 Å². The van der Waals surface area contributed by atoms with Gasteiger partial charge in [-0.2, -0.15) is 0 Å². The fourth-order valence-corrected chi connectivity index (χ4v) is 7.43. The quantitative estimate of drug-likeness (QED) is 0.248. The molecule has 1 heteroatoms. The standard InChI is InChI=1S/C32H29Br/c1-18-13-25-24-15-19(2)23(17-28(24)32(5,6)30(25)29(33)14-18)20-11-12-22-21-9-7-8-10-26(21)31(3,4)27(22)16-20/h7-17H,1-6H3. The van der Waals surface area contributed by atoms with Gasteiger partial charge in [-0.25, -0.2) is 0 Å². The summed E-state index contributed by atoms with van der Waals surface area (Å²) in [7, 11) is 0. The van der Waals surface area contributed by atoms with E-state index in [-0.39, 0.29) is 10.8 Å². The molecule has 4 aromatic rings. The molecule has 164 valence electrons. The van der Waals surface area contributed by atoms with Crippen molar-refractivity contribution < 1.29 is 0 Å². The summed E-state index contributed by atoms with van der Waals surface area (Å²) in [5.74, 6) is 0. The minimum absolute atomic E-state index is 0.0183. The molecule has 2 aliphatic rings. The molecule has 4 aromatic carbocycles. The van der Waals surface area contributed by atoms with Gasteiger partial charge in [-0.15, -0.1) is 0 Å². The van der Waals surface area contributed by atoms with E-state index in [9.17, 15) is 0 Å². The Morgan fingerprint density at radius 3 is 2.06 bits per heavy atom. The minimum atomic E-state index is -0.0358. The van der Waals surface area contributed by atoms with Crippen molar-refractivity contribution in [3.63, 3.8) is 0 Å². The Bertz CT molecular complexity index is 1480. The van der Waals surface area contributed by atoms with Gasteiger partial charge in [-0.1, -0.05) is 92.2 Å². The summed E-state index contributed by atoms with van der Waals surface area (Å²) < 4.78 is 1.22. The molecule has 0 amide bonds. The van der Waals surface area contributed by atoms with Gasteiger partial charge in [0.15, 0.2) is 0 Å². The molecule has 0 N–H and O–H groups in total. The van der Waals surface area contributed by atoms with Crippen LogP contribution >= 0.6 is 15.9 Å². The van der Waals surface area contributed by atoms with Gasteiger partial charge in [0, 0.05) is 15.3 Å². The van der Waals surface area contributed by atoms with Gasteiger partial charge >= 0.3 is 0 Å². The Morgan fingerprint density at radius 2 is 1.27 bits per heavy atom. The molecule has 0 saturated heterocycles. The van der Waals surface area contributed by atoms with E-state index >= 15 is 0 Å². The first-order chi connectivity index (χ1) is 15.6. The summed E-state index contributed by atoms with van der Waals surface area (Å²) >= 11 is 3.88. The summed E-state index contributed by atoms with van der Waals surface area (Å²) in [6, 6.07) is 25.5. The molecule has 0 nitrogen and oxygen atoms in total. The van der Waals surface area contributed by atoms with Crippen molar-refractivity contribution >= 4 is 15.9 Å². The van der Waals surface area contributed by atoms with Crippen LogP contribution < -0.4 is 0 Å². The summed E-state index contributed by atoms with van der Waals surface area (Å²) in [4.78, 5) is 0. The van der Waals surface area contributed by atoms with Crippen LogP contribution in [0.1, 0.15) is 61.1 Å². The van der Waals surface area contributed by atoms with Crippen molar-refractivity contribution in [3.05, 3.63) is 105 Å². The predicted molar refractivity (Wildman–Crippen MR) is 144 cm³/mol. The SMILES string of the molecule is Cc1cc(Br)c2c(c1)-c1cc(C)c(-c3ccc4c(c3)C(C)(C)c3ccccc3-4)cc1C2(C)C. The highest BCUT2D eigenvalue weighted by molar-refractivity contribution is 9.10. The van der Waals surface area contributed by atoms with Gasteiger partial charge in [-0.05, 0) is 98.8 Å². The molecule has 2 aliphatic carbocycles. The Labute approximate surface area is 205 Å². The second kappa shape index (κ2) is 6.70. The molecule has 0 fully saturated rings. The van der Waals surface area contributed by atoms with Gasteiger partial charge in [-0.3, -0.25) is 0 Å². The molecule has 0 heterocycles. The lowest BCUT2D eigenvalue weighted by atomic mass is 9.79. The highest BCUT2D eigenvalue weighted by Gasteiger charge is 2.39. The van der Waals surface area contributed by atoms with E-state index in [4.69, 9.17) is 0 Å². The lowest BCUT2D eigenvalue weighted by Crippen LogP contribution is -2.16. The third-order valence-corrected chi connectivity index (χ3v) is 8.71. The number of hydrogen-bond donors (Lipinski definition) is 0. The van der Waals surface area contributed by atoms with Crippen LogP contribution in [0.15, 0.2) is 71.2 Å². The molecular weight excluding hydrogens is 464 g/mol. The largest absolute Gasteiger partial charge is 0.0619 e. The lowest BCUT2D eigenvalue weighted by molar-refractivity contribution is 0.656. The third kappa shape index (κ3) is 2.75. The summed E-state index contributed by atoms with van der Waals surface area (Å²) in [5.41, 5.74) is 16.5. The molecule has 0 radical (unpaired) electrons. The molecule has 0 atom stereocenters. The highest BCUT2D eigenvalue weighted by Crippen LogP contribution is 2.54. The van der Waals surface area contributed by atoms with Crippen LogP contribution in [0.3, 0.4) is 0 Å². The van der Waals surface area contributed by atoms with Crippen LogP contribution in [0.25, 0.3) is 33.4 Å². The van der Waals surface area contributed by atoms with Gasteiger partial charge in [0.1, 0.15) is 0 Å². The maximum absolute atomic E-state index is 3.88. The lowest BCUT2D eigenvalue weighted by Gasteiger charge is -2.24. The predicted octanol–water partition coefficient (Wildman–Crippen LogP) is 9.35. The monoisotopic (exact) mass is 492 g/mol. The fourth-order valence-electron chi connectivity index (χ4n) is 6.36. The maximum atomic E-state index is 3.88. The zero-order valence-corrected chi connectivity index (χ0v) is 21.8. The Kier molecular flexibility index (Phi) is 4.25. The Morgan fingerprint density at radius 1 is 0.576 bits per heavy atom. The van der Waals surface area contributed by atoms with Crippen molar-refractivity contribution in [2.45, 2.75) is 52.4 Å². The number of halogens is 1. The van der Waals surface area contributed by atoms with E-state index < -0.39 is 0 Å². The van der Waals surface area contributed by atoms with E-state index in [0.717, 1.165) is 0 Å². The first-order valence-electron chi connectivity index (χ1n) is 11.8. The van der Waals surface area contributed by atoms with E-state index in [1.54, 1.807) is 0 Å². The number of benzene rings is 4. The fraction of sp³-hybridized carbons (Fsp3) is 0.250. The van der Waals surface area contributed by atoms with Gasteiger partial charge < -0.3 is 0 Å².